The molecule has 0 amide bonds. The average Bonchev–Trinajstić information content (AvgIpc) is 1.61. The average molecular weight is 173 g/mol. The van der Waals surface area contributed by atoms with E-state index in [1.54, 1.807) is 0 Å². The third kappa shape index (κ3) is 15.7. The molecule has 0 unspecified atom stereocenters. The van der Waals surface area contributed by atoms with E-state index in [0.717, 1.165) is 0 Å². The monoisotopic (exact) mass is 172 g/mol. The fourth-order valence-electron chi connectivity index (χ4n) is 0.500. The molecule has 0 aliphatic heterocycles. The minimum atomic E-state index is 0. The molecule has 0 atom stereocenters. The second-order valence-corrected chi connectivity index (χ2v) is 2.71. The molecule has 0 saturated carbocycles. The van der Waals surface area contributed by atoms with E-state index >= 15 is 0 Å². The Morgan fingerprint density at radius 3 is 1.75 bits per heavy atom. The maximum absolute atomic E-state index is 2.25. The van der Waals surface area contributed by atoms with E-state index in [1.165, 1.54) is 40.8 Å². The first kappa shape index (κ1) is 16.1. The van der Waals surface area contributed by atoms with Crippen molar-refractivity contribution in [2.45, 2.75) is 31.5 Å². The molecule has 0 aromatic heterocycles. The largest absolute Gasteiger partial charge is 0.211 e. The number of hydrogen-bond acceptors (Lipinski definition) is 0. The number of rotatable bonds is 3. The molecule has 8 heavy (non-hydrogen) atoms. The summed E-state index contributed by atoms with van der Waals surface area (Å²) in [6, 6.07) is 0. The van der Waals surface area contributed by atoms with Gasteiger partial charge in [-0.25, -0.2) is 0 Å². The Morgan fingerprint density at radius 1 is 1.12 bits per heavy atom. The van der Waals surface area contributed by atoms with Crippen LogP contribution in [-0.2, 0) is 0 Å². The summed E-state index contributed by atoms with van der Waals surface area (Å²) >= 11 is 1.40. The lowest BCUT2D eigenvalue weighted by atomic mass is 10.3. The highest BCUT2D eigenvalue weighted by Gasteiger charge is 1.76. The van der Waals surface area contributed by atoms with Gasteiger partial charge in [-0.05, 0) is 0 Å². The number of halogens is 2. The lowest BCUT2D eigenvalue weighted by molar-refractivity contribution is 0.771. The van der Waals surface area contributed by atoms with Crippen LogP contribution in [0.4, 0.5) is 0 Å². The Morgan fingerprint density at radius 2 is 1.62 bits per heavy atom. The van der Waals surface area contributed by atoms with Crippen molar-refractivity contribution in [3.8, 4) is 0 Å². The van der Waals surface area contributed by atoms with Crippen LogP contribution in [0.1, 0.15) is 26.2 Å². The van der Waals surface area contributed by atoms with Gasteiger partial charge < -0.3 is 0 Å². The van der Waals surface area contributed by atoms with Gasteiger partial charge in [0.1, 0.15) is 0 Å². The molecule has 0 N–H and O–H groups in total. The molecule has 3 heteroatoms. The van der Waals surface area contributed by atoms with Crippen molar-refractivity contribution in [1.29, 1.82) is 0 Å². The summed E-state index contributed by atoms with van der Waals surface area (Å²) in [7, 11) is 0. The van der Waals surface area contributed by atoms with Crippen LogP contribution in [0.5, 0.6) is 0 Å². The topological polar surface area (TPSA) is 0 Å². The molecule has 0 nitrogen and oxygen atoms in total. The minimum Gasteiger partial charge on any atom is -0.147 e. The van der Waals surface area contributed by atoms with Crippen molar-refractivity contribution in [2.24, 2.45) is 0 Å². The second kappa shape index (κ2) is 15.7. The van der Waals surface area contributed by atoms with Gasteiger partial charge in [-0.3, -0.25) is 0 Å². The first-order chi connectivity index (χ1) is 2.91. The number of unbranched alkanes of at least 4 members (excludes halogenated alkanes) is 2. The van der Waals surface area contributed by atoms with Crippen molar-refractivity contribution < 1.29 is 0 Å². The summed E-state index contributed by atoms with van der Waals surface area (Å²) in [4.78, 5) is 0. The predicted molar refractivity (Wildman–Crippen MR) is 47.4 cm³/mol. The van der Waals surface area contributed by atoms with Crippen LogP contribution in [0.15, 0.2) is 0 Å². The summed E-state index contributed by atoms with van der Waals surface area (Å²) in [6.07, 6.45) is 4.30. The molecule has 0 fully saturated rings. The van der Waals surface area contributed by atoms with Crippen LogP contribution in [0, 0.1) is 0 Å². The van der Waals surface area contributed by atoms with E-state index in [4.69, 9.17) is 0 Å². The molecule has 0 rings (SSSR count). The van der Waals surface area contributed by atoms with E-state index in [-0.39, 0.29) is 24.8 Å². The summed E-state index contributed by atoms with van der Waals surface area (Å²) in [5.41, 5.74) is 0. The van der Waals surface area contributed by atoms with Crippen LogP contribution in [0.3, 0.4) is 0 Å². The van der Waals surface area contributed by atoms with Gasteiger partial charge in [0, 0.05) is 0 Å². The molecule has 0 radical (unpaired) electrons. The molecule has 0 spiro atoms. The van der Waals surface area contributed by atoms with Gasteiger partial charge in [0.15, 0.2) is 0 Å². The van der Waals surface area contributed by atoms with Crippen LogP contribution in [0.25, 0.3) is 0 Å². The Balaban J connectivity index is -0.000000125. The van der Waals surface area contributed by atoms with Gasteiger partial charge in [-0.2, -0.15) is 0 Å². The van der Waals surface area contributed by atoms with Crippen molar-refractivity contribution >= 4 is 41.1 Å². The van der Waals surface area contributed by atoms with Crippen molar-refractivity contribution in [3.05, 3.63) is 0 Å². The molecule has 0 bridgehead atoms. The molecule has 0 aromatic carbocycles. The minimum absolute atomic E-state index is 0. The predicted octanol–water partition coefficient (Wildman–Crippen LogP) is 2.07. The van der Waals surface area contributed by atoms with Gasteiger partial charge in [0.25, 0.3) is 0 Å². The molecule has 0 heterocycles. The van der Waals surface area contributed by atoms with E-state index < -0.39 is 0 Å². The van der Waals surface area contributed by atoms with E-state index in [2.05, 4.69) is 6.92 Å². The normalized spacial score (nSPS) is 6.62. The molecular formula is C5H15AlCl2. The van der Waals surface area contributed by atoms with Crippen LogP contribution >= 0.6 is 24.8 Å². The quantitative estimate of drug-likeness (QED) is 0.452. The van der Waals surface area contributed by atoms with Crippen LogP contribution in [0.2, 0.25) is 5.28 Å². The third-order valence-corrected chi connectivity index (χ3v) is 1.66. The summed E-state index contributed by atoms with van der Waals surface area (Å²) in [5, 5.41) is 1.49. The zero-order valence-electron chi connectivity index (χ0n) is 5.64. The van der Waals surface area contributed by atoms with Crippen LogP contribution < -0.4 is 0 Å². The zero-order chi connectivity index (χ0) is 4.83. The maximum Gasteiger partial charge on any atom is 0.211 e. The molecule has 0 aliphatic carbocycles. The fraction of sp³-hybridized carbons (Fsp3) is 1.00. The summed E-state index contributed by atoms with van der Waals surface area (Å²) < 4.78 is 0. The summed E-state index contributed by atoms with van der Waals surface area (Å²) in [6.45, 7) is 2.25. The molecule has 0 aromatic rings. The number of hydrogen-bond donors (Lipinski definition) is 0. The molecular weight excluding hydrogens is 158 g/mol. The van der Waals surface area contributed by atoms with Gasteiger partial charge in [-0.1, -0.05) is 26.2 Å². The van der Waals surface area contributed by atoms with Gasteiger partial charge >= 0.3 is 0 Å². The third-order valence-electron chi connectivity index (χ3n) is 0.957. The summed E-state index contributed by atoms with van der Waals surface area (Å²) in [5.74, 6) is 0. The van der Waals surface area contributed by atoms with Gasteiger partial charge in [0.05, 0.1) is 0 Å². The van der Waals surface area contributed by atoms with Gasteiger partial charge in [0.2, 0.25) is 16.3 Å². The lowest BCUT2D eigenvalue weighted by Crippen LogP contribution is -1.69. The maximum atomic E-state index is 2.25. The Labute approximate surface area is 72.7 Å². The van der Waals surface area contributed by atoms with Crippen molar-refractivity contribution in [1.82, 2.24) is 0 Å². The highest BCUT2D eigenvalue weighted by atomic mass is 35.5. The Bertz CT molecular complexity index is 22.4. The first-order valence-electron chi connectivity index (χ1n) is 2.91. The standard InChI is InChI=1S/C5H11.Al.2ClH.2H/c1-3-5-4-2;;;;;/h1,3-5H2,2H3;;2*1H;;. The van der Waals surface area contributed by atoms with Gasteiger partial charge in [-0.15, -0.1) is 30.1 Å². The van der Waals surface area contributed by atoms with Crippen LogP contribution in [-0.4, -0.2) is 16.3 Å². The zero-order valence-corrected chi connectivity index (χ0v) is 9.28. The molecule has 0 aliphatic rings. The van der Waals surface area contributed by atoms with E-state index in [9.17, 15) is 0 Å². The molecule has 0 saturated heterocycles. The lowest BCUT2D eigenvalue weighted by Gasteiger charge is -1.86. The molecule has 52 valence electrons. The SMILES string of the molecule is CCCC[CH2][AlH2].Cl.Cl. The van der Waals surface area contributed by atoms with Crippen molar-refractivity contribution in [2.75, 3.05) is 0 Å². The Kier molecular flexibility index (Phi) is 31.5. The highest BCUT2D eigenvalue weighted by molar-refractivity contribution is 6.08. The smallest absolute Gasteiger partial charge is 0.147 e. The first-order valence-corrected chi connectivity index (χ1v) is 4.33. The fourth-order valence-corrected chi connectivity index (χ4v) is 1.000. The van der Waals surface area contributed by atoms with Crippen molar-refractivity contribution in [3.63, 3.8) is 0 Å². The van der Waals surface area contributed by atoms with E-state index in [1.807, 2.05) is 0 Å². The van der Waals surface area contributed by atoms with E-state index in [0.29, 0.717) is 0 Å². The highest BCUT2D eigenvalue weighted by Crippen LogP contribution is 1.94. The Hall–Kier alpha value is 1.11. The second-order valence-electron chi connectivity index (χ2n) is 1.71.